The fourth-order valence-electron chi connectivity index (χ4n) is 2.25. The van der Waals surface area contributed by atoms with E-state index in [2.05, 4.69) is 23.2 Å². The van der Waals surface area contributed by atoms with E-state index in [1.807, 2.05) is 6.08 Å². The fourth-order valence-corrected chi connectivity index (χ4v) is 2.25. The molecule has 0 aromatic carbocycles. The Hall–Kier alpha value is -1.60. The Morgan fingerprint density at radius 2 is 2.30 bits per heavy atom. The van der Waals surface area contributed by atoms with E-state index >= 15 is 0 Å². The molecule has 2 rings (SSSR count). The summed E-state index contributed by atoms with van der Waals surface area (Å²) in [6.45, 7) is 3.06. The van der Waals surface area contributed by atoms with E-state index in [0.29, 0.717) is 6.54 Å². The van der Waals surface area contributed by atoms with Gasteiger partial charge in [-0.05, 0) is 18.9 Å². The van der Waals surface area contributed by atoms with Crippen LogP contribution in [0.3, 0.4) is 0 Å². The zero-order valence-electron chi connectivity index (χ0n) is 11.8. The first kappa shape index (κ1) is 14.8. The molecule has 0 radical (unpaired) electrons. The first-order valence-electron chi connectivity index (χ1n) is 7.11. The van der Waals surface area contributed by atoms with E-state index in [1.54, 1.807) is 0 Å². The standard InChI is InChI=1S/C13H22N4O3/c1-17-6-4-10(5-7-17)15-16-13(19)12(18)14-9-11-3-2-8-20-11/h4,11,15H,2-3,5-9H2,1H3,(H,14,18)(H,16,19)/p+1/t11-/m1/s1. The van der Waals surface area contributed by atoms with Crippen molar-refractivity contribution in [3.63, 3.8) is 0 Å². The molecule has 0 bridgehead atoms. The van der Waals surface area contributed by atoms with Crippen molar-refractivity contribution in [2.75, 3.05) is 33.3 Å². The highest BCUT2D eigenvalue weighted by Gasteiger charge is 2.19. The van der Waals surface area contributed by atoms with Crippen molar-refractivity contribution in [3.8, 4) is 0 Å². The first-order valence-corrected chi connectivity index (χ1v) is 7.11. The minimum Gasteiger partial charge on any atom is -0.376 e. The second-order valence-corrected chi connectivity index (χ2v) is 5.31. The number of ether oxygens (including phenoxy) is 1. The van der Waals surface area contributed by atoms with Gasteiger partial charge in [0.1, 0.15) is 0 Å². The molecular formula is C13H23N4O3+. The minimum atomic E-state index is -0.671. The fraction of sp³-hybridized carbons (Fsp3) is 0.692. The monoisotopic (exact) mass is 283 g/mol. The van der Waals surface area contributed by atoms with Gasteiger partial charge in [-0.3, -0.25) is 15.0 Å². The zero-order chi connectivity index (χ0) is 14.4. The number of rotatable bonds is 4. The summed E-state index contributed by atoms with van der Waals surface area (Å²) in [6.07, 6.45) is 4.88. The van der Waals surface area contributed by atoms with Crippen molar-refractivity contribution in [2.45, 2.75) is 25.4 Å². The number of amides is 2. The maximum Gasteiger partial charge on any atom is 0.327 e. The highest BCUT2D eigenvalue weighted by atomic mass is 16.5. The highest BCUT2D eigenvalue weighted by Crippen LogP contribution is 2.10. The number of carbonyl (C=O) groups is 2. The number of hydrogen-bond donors (Lipinski definition) is 4. The lowest BCUT2D eigenvalue weighted by Gasteiger charge is -2.20. The Morgan fingerprint density at radius 3 is 2.95 bits per heavy atom. The van der Waals surface area contributed by atoms with Gasteiger partial charge in [0.15, 0.2) is 0 Å². The molecule has 4 N–H and O–H groups in total. The summed E-state index contributed by atoms with van der Waals surface area (Å²) in [5, 5.41) is 2.58. The van der Waals surface area contributed by atoms with Gasteiger partial charge in [0.25, 0.3) is 0 Å². The van der Waals surface area contributed by atoms with Crippen LogP contribution >= 0.6 is 0 Å². The number of likely N-dealkylation sites (N-methyl/N-ethyl adjacent to an activating group) is 1. The van der Waals surface area contributed by atoms with Gasteiger partial charge in [0.2, 0.25) is 0 Å². The molecular weight excluding hydrogens is 260 g/mol. The molecule has 7 nitrogen and oxygen atoms in total. The van der Waals surface area contributed by atoms with Crippen LogP contribution in [0, 0.1) is 0 Å². The molecule has 2 aliphatic heterocycles. The third-order valence-electron chi connectivity index (χ3n) is 3.58. The lowest BCUT2D eigenvalue weighted by atomic mass is 10.2. The van der Waals surface area contributed by atoms with Gasteiger partial charge in [0, 0.05) is 25.3 Å². The van der Waals surface area contributed by atoms with Crippen molar-refractivity contribution < 1.29 is 19.2 Å². The third kappa shape index (κ3) is 4.50. The number of hydrazine groups is 1. The molecule has 0 aromatic rings. The normalized spacial score (nSPS) is 25.8. The van der Waals surface area contributed by atoms with Crippen molar-refractivity contribution in [2.24, 2.45) is 0 Å². The van der Waals surface area contributed by atoms with Crippen LogP contribution in [0.1, 0.15) is 19.3 Å². The lowest BCUT2D eigenvalue weighted by Crippen LogP contribution is -3.09. The van der Waals surface area contributed by atoms with Crippen molar-refractivity contribution >= 4 is 11.8 Å². The van der Waals surface area contributed by atoms with Crippen molar-refractivity contribution in [1.82, 2.24) is 16.2 Å². The lowest BCUT2D eigenvalue weighted by molar-refractivity contribution is -0.875. The molecule has 1 saturated heterocycles. The van der Waals surface area contributed by atoms with Gasteiger partial charge in [-0.15, -0.1) is 0 Å². The van der Waals surface area contributed by atoms with Gasteiger partial charge >= 0.3 is 11.8 Å². The highest BCUT2D eigenvalue weighted by molar-refractivity contribution is 6.34. The second kappa shape index (κ2) is 7.25. The Balaban J connectivity index is 1.64. The Kier molecular flexibility index (Phi) is 5.37. The van der Waals surface area contributed by atoms with Crippen LogP contribution in [0.4, 0.5) is 0 Å². The summed E-state index contributed by atoms with van der Waals surface area (Å²) in [7, 11) is 2.12. The van der Waals surface area contributed by atoms with Crippen LogP contribution in [0.25, 0.3) is 0 Å². The SMILES string of the molecule is C[NH+]1CC=C(NNC(=O)C(=O)NC[C@H]2CCCO2)CC1. The van der Waals surface area contributed by atoms with Gasteiger partial charge < -0.3 is 20.4 Å². The molecule has 2 heterocycles. The second-order valence-electron chi connectivity index (χ2n) is 5.31. The molecule has 112 valence electrons. The topological polar surface area (TPSA) is 83.9 Å². The molecule has 20 heavy (non-hydrogen) atoms. The Bertz CT molecular complexity index is 391. The van der Waals surface area contributed by atoms with Gasteiger partial charge in [-0.2, -0.15) is 0 Å². The summed E-state index contributed by atoms with van der Waals surface area (Å²) in [6, 6.07) is 0. The number of hydrogen-bond acceptors (Lipinski definition) is 4. The van der Waals surface area contributed by atoms with E-state index in [4.69, 9.17) is 4.74 Å². The quantitative estimate of drug-likeness (QED) is 0.345. The average molecular weight is 283 g/mol. The average Bonchev–Trinajstić information content (AvgIpc) is 2.97. The smallest absolute Gasteiger partial charge is 0.327 e. The van der Waals surface area contributed by atoms with E-state index in [1.165, 1.54) is 4.90 Å². The molecule has 0 saturated carbocycles. The largest absolute Gasteiger partial charge is 0.376 e. The molecule has 7 heteroatoms. The summed E-state index contributed by atoms with van der Waals surface area (Å²) in [5.74, 6) is -1.30. The van der Waals surface area contributed by atoms with Crippen LogP contribution in [0.5, 0.6) is 0 Å². The zero-order valence-corrected chi connectivity index (χ0v) is 11.8. The maximum absolute atomic E-state index is 11.6. The van der Waals surface area contributed by atoms with Crippen LogP contribution in [0.2, 0.25) is 0 Å². The third-order valence-corrected chi connectivity index (χ3v) is 3.58. The van der Waals surface area contributed by atoms with Gasteiger partial charge in [-0.1, -0.05) is 0 Å². The van der Waals surface area contributed by atoms with Crippen molar-refractivity contribution in [1.29, 1.82) is 0 Å². The molecule has 2 atom stereocenters. The summed E-state index contributed by atoms with van der Waals surface area (Å²) < 4.78 is 5.37. The van der Waals surface area contributed by atoms with E-state index < -0.39 is 11.8 Å². The summed E-state index contributed by atoms with van der Waals surface area (Å²) in [5.41, 5.74) is 6.18. The molecule has 1 unspecified atom stereocenters. The Morgan fingerprint density at radius 1 is 1.45 bits per heavy atom. The summed E-state index contributed by atoms with van der Waals surface area (Å²) >= 11 is 0. The minimum absolute atomic E-state index is 0.0410. The van der Waals surface area contributed by atoms with Crippen LogP contribution in [0.15, 0.2) is 11.8 Å². The molecule has 2 aliphatic rings. The molecule has 2 amide bonds. The van der Waals surface area contributed by atoms with Crippen LogP contribution in [-0.4, -0.2) is 51.2 Å². The van der Waals surface area contributed by atoms with Crippen LogP contribution in [-0.2, 0) is 14.3 Å². The molecule has 0 aliphatic carbocycles. The number of carbonyl (C=O) groups excluding carboxylic acids is 2. The maximum atomic E-state index is 11.6. The molecule has 1 fully saturated rings. The first-order chi connectivity index (χ1) is 9.65. The predicted octanol–water partition coefficient (Wildman–Crippen LogP) is -2.30. The van der Waals surface area contributed by atoms with Crippen LogP contribution < -0.4 is 21.1 Å². The number of nitrogens with one attached hydrogen (secondary N) is 4. The van der Waals surface area contributed by atoms with Gasteiger partial charge in [-0.25, -0.2) is 0 Å². The van der Waals surface area contributed by atoms with E-state index in [9.17, 15) is 9.59 Å². The molecule has 0 aromatic heterocycles. The van der Waals surface area contributed by atoms with Gasteiger partial charge in [0.05, 0.1) is 26.2 Å². The van der Waals surface area contributed by atoms with Crippen molar-refractivity contribution in [3.05, 3.63) is 11.8 Å². The Labute approximate surface area is 118 Å². The summed E-state index contributed by atoms with van der Waals surface area (Å²) in [4.78, 5) is 24.6. The number of quaternary nitrogens is 1. The predicted molar refractivity (Wildman–Crippen MR) is 72.6 cm³/mol. The van der Waals surface area contributed by atoms with E-state index in [-0.39, 0.29) is 6.10 Å². The molecule has 0 spiro atoms. The van der Waals surface area contributed by atoms with E-state index in [0.717, 1.165) is 44.7 Å².